The van der Waals surface area contributed by atoms with E-state index in [0.29, 0.717) is 26.4 Å². The number of alkyl halides is 2. The number of nitro benzene ring substituents is 1. The zero-order valence-corrected chi connectivity index (χ0v) is 27.0. The summed E-state index contributed by atoms with van der Waals surface area (Å²) in [6, 6.07) is 2.28. The molecule has 0 bridgehead atoms. The summed E-state index contributed by atoms with van der Waals surface area (Å²) in [5, 5.41) is 6.41. The van der Waals surface area contributed by atoms with Crippen LogP contribution in [0, 0.1) is 24.4 Å². The topological polar surface area (TPSA) is 176 Å². The lowest BCUT2D eigenvalue weighted by atomic mass is 10.1. The molecular weight excluding hydrogens is 984 g/mol. The summed E-state index contributed by atoms with van der Waals surface area (Å²) >= 11 is 7.56. The van der Waals surface area contributed by atoms with Gasteiger partial charge in [-0.3, -0.25) is 14.7 Å². The summed E-state index contributed by atoms with van der Waals surface area (Å²) in [6.45, 7) is -2.15. The highest BCUT2D eigenvalue weighted by Gasteiger charge is 2.46. The lowest BCUT2D eigenvalue weighted by molar-refractivity contribution is -0.385. The van der Waals surface area contributed by atoms with E-state index < -0.39 is 61.8 Å². The first-order valence-electron chi connectivity index (χ1n) is 8.91. The van der Waals surface area contributed by atoms with Crippen molar-refractivity contribution in [1.82, 2.24) is 0 Å². The first-order valence-corrected chi connectivity index (χ1v) is 14.7. The summed E-state index contributed by atoms with van der Waals surface area (Å²) < 4.78 is 72.8. The average molecular weight is 993 g/mol. The SMILES string of the molecule is COC(=O)c1c(I)c(I)c(I)c(I)c1C(=O)Oc1ccc([N+](=O)[O-])c(C(=O)OCC(F)(F)S(=O)(=O)O)c1. The number of methoxy groups -OCH3 is 1. The number of halogens is 6. The van der Waals surface area contributed by atoms with Crippen molar-refractivity contribution >= 4 is 124 Å². The van der Waals surface area contributed by atoms with Crippen LogP contribution in [0.1, 0.15) is 31.1 Å². The molecule has 0 aliphatic heterocycles. The van der Waals surface area contributed by atoms with Gasteiger partial charge in [0.15, 0.2) is 6.61 Å². The number of nitro groups is 1. The number of ether oxygens (including phenoxy) is 3. The summed E-state index contributed by atoms with van der Waals surface area (Å²) in [6.07, 6.45) is 0. The van der Waals surface area contributed by atoms with Crippen molar-refractivity contribution in [2.45, 2.75) is 5.25 Å². The molecule has 19 heteroatoms. The molecule has 0 heterocycles. The number of benzene rings is 2. The van der Waals surface area contributed by atoms with Gasteiger partial charge in [-0.2, -0.15) is 17.2 Å². The molecule has 12 nitrogen and oxygen atoms in total. The molecule has 0 radical (unpaired) electrons. The van der Waals surface area contributed by atoms with Gasteiger partial charge in [-0.25, -0.2) is 14.4 Å². The van der Waals surface area contributed by atoms with Crippen molar-refractivity contribution in [3.05, 3.63) is 59.3 Å². The minimum absolute atomic E-state index is 0.115. The number of hydrogen-bond donors (Lipinski definition) is 1. The van der Waals surface area contributed by atoms with E-state index in [0.717, 1.165) is 13.2 Å². The van der Waals surface area contributed by atoms with Crippen LogP contribution in [-0.4, -0.2) is 54.8 Å². The largest absolute Gasteiger partial charge is 0.465 e. The van der Waals surface area contributed by atoms with E-state index in [2.05, 4.69) is 4.74 Å². The molecular formula is C18H9F2I4NO11S. The van der Waals surface area contributed by atoms with E-state index in [1.165, 1.54) is 0 Å². The van der Waals surface area contributed by atoms with Crippen LogP contribution in [0.3, 0.4) is 0 Å². The van der Waals surface area contributed by atoms with E-state index >= 15 is 0 Å². The molecule has 0 amide bonds. The van der Waals surface area contributed by atoms with Gasteiger partial charge in [0.25, 0.3) is 5.69 Å². The second-order valence-electron chi connectivity index (χ2n) is 6.51. The van der Waals surface area contributed by atoms with Crippen molar-refractivity contribution in [2.75, 3.05) is 13.7 Å². The van der Waals surface area contributed by atoms with Crippen LogP contribution in [0.4, 0.5) is 14.5 Å². The van der Waals surface area contributed by atoms with Gasteiger partial charge in [-0.05, 0) is 96.4 Å². The molecule has 1 N–H and O–H groups in total. The molecule has 2 aromatic rings. The Bertz CT molecular complexity index is 1430. The summed E-state index contributed by atoms with van der Waals surface area (Å²) in [5.74, 6) is -4.20. The molecule has 0 saturated heterocycles. The van der Waals surface area contributed by atoms with Gasteiger partial charge in [0.1, 0.15) is 11.3 Å². The minimum atomic E-state index is -5.94. The summed E-state index contributed by atoms with van der Waals surface area (Å²) in [7, 11) is -4.84. The van der Waals surface area contributed by atoms with Gasteiger partial charge in [-0.1, -0.05) is 0 Å². The predicted octanol–water partition coefficient (Wildman–Crippen LogP) is 4.66. The van der Waals surface area contributed by atoms with Crippen LogP contribution in [-0.2, 0) is 19.6 Å². The van der Waals surface area contributed by atoms with E-state index in [1.807, 2.05) is 90.4 Å². The Labute approximate surface area is 260 Å². The summed E-state index contributed by atoms with van der Waals surface area (Å²) in [4.78, 5) is 48.0. The Hall–Kier alpha value is -1.06. The lowest BCUT2D eigenvalue weighted by Gasteiger charge is -2.16. The Balaban J connectivity index is 2.51. The summed E-state index contributed by atoms with van der Waals surface area (Å²) in [5.41, 5.74) is -2.22. The van der Waals surface area contributed by atoms with Gasteiger partial charge in [-0.15, -0.1) is 0 Å². The van der Waals surface area contributed by atoms with Crippen LogP contribution in [0.5, 0.6) is 5.75 Å². The van der Waals surface area contributed by atoms with Crippen molar-refractivity contribution in [3.8, 4) is 5.75 Å². The number of carbonyl (C=O) groups is 3. The van der Waals surface area contributed by atoms with Gasteiger partial charge >= 0.3 is 33.3 Å². The molecule has 0 aliphatic carbocycles. The fraction of sp³-hybridized carbons (Fsp3) is 0.167. The van der Waals surface area contributed by atoms with Gasteiger partial charge < -0.3 is 14.2 Å². The second kappa shape index (κ2) is 12.4. The first kappa shape index (κ1) is 32.2. The molecule has 2 rings (SSSR count). The number of nitrogens with zero attached hydrogens (tertiary/aromatic N) is 1. The Morgan fingerprint density at radius 1 is 1.00 bits per heavy atom. The molecule has 0 saturated carbocycles. The van der Waals surface area contributed by atoms with Gasteiger partial charge in [0, 0.05) is 26.4 Å². The zero-order valence-electron chi connectivity index (χ0n) is 17.6. The van der Waals surface area contributed by atoms with E-state index in [-0.39, 0.29) is 11.1 Å². The zero-order chi connectivity index (χ0) is 28.5. The molecule has 0 aromatic heterocycles. The van der Waals surface area contributed by atoms with Gasteiger partial charge in [0.2, 0.25) is 0 Å². The molecule has 200 valence electrons. The molecule has 0 spiro atoms. The van der Waals surface area contributed by atoms with Crippen molar-refractivity contribution < 1.29 is 55.3 Å². The third-order valence-corrected chi connectivity index (χ3v) is 12.5. The standard InChI is InChI=1S/C18H9F2I4NO11S/c1-34-16(27)9-10(12(22)14(24)13(23)11(9)21)17(28)36-6-2-3-8(25(29)30)7(4-6)15(26)35-5-18(19,20)37(31,32)33/h2-4H,5H2,1H3,(H,31,32,33). The first-order chi connectivity index (χ1) is 16.9. The fourth-order valence-electron chi connectivity index (χ4n) is 2.48. The molecule has 0 atom stereocenters. The average Bonchev–Trinajstić information content (AvgIpc) is 2.81. The predicted molar refractivity (Wildman–Crippen MR) is 153 cm³/mol. The molecule has 2 aromatic carbocycles. The Morgan fingerprint density at radius 2 is 1.51 bits per heavy atom. The molecule has 0 fully saturated rings. The van der Waals surface area contributed by atoms with Crippen LogP contribution in [0.25, 0.3) is 0 Å². The molecule has 0 unspecified atom stereocenters. The van der Waals surface area contributed by atoms with Gasteiger partial charge in [0.05, 0.1) is 23.2 Å². The molecule has 0 aliphatic rings. The van der Waals surface area contributed by atoms with Crippen LogP contribution in [0.15, 0.2) is 18.2 Å². The normalized spacial score (nSPS) is 11.6. The van der Waals surface area contributed by atoms with E-state index in [1.54, 1.807) is 0 Å². The lowest BCUT2D eigenvalue weighted by Crippen LogP contribution is -2.34. The van der Waals surface area contributed by atoms with Crippen LogP contribution >= 0.6 is 90.4 Å². The smallest absolute Gasteiger partial charge is 0.402 e. The monoisotopic (exact) mass is 993 g/mol. The number of esters is 3. The number of rotatable bonds is 8. The Kier molecular flexibility index (Phi) is 10.8. The molecule has 37 heavy (non-hydrogen) atoms. The maximum absolute atomic E-state index is 13.4. The van der Waals surface area contributed by atoms with Crippen LogP contribution < -0.4 is 4.74 Å². The van der Waals surface area contributed by atoms with Crippen molar-refractivity contribution in [1.29, 1.82) is 0 Å². The maximum Gasteiger partial charge on any atom is 0.402 e. The third-order valence-electron chi connectivity index (χ3n) is 4.20. The highest BCUT2D eigenvalue weighted by atomic mass is 127. The minimum Gasteiger partial charge on any atom is -0.465 e. The van der Waals surface area contributed by atoms with Crippen LogP contribution in [0.2, 0.25) is 0 Å². The van der Waals surface area contributed by atoms with E-state index in [4.69, 9.17) is 14.0 Å². The number of carbonyl (C=O) groups excluding carboxylic acids is 3. The fourth-order valence-corrected chi connectivity index (χ4v) is 6.32. The quantitative estimate of drug-likeness (QED) is 0.0570. The van der Waals surface area contributed by atoms with E-state index in [9.17, 15) is 41.7 Å². The maximum atomic E-state index is 13.4. The number of hydrogen-bond acceptors (Lipinski definition) is 10. The third kappa shape index (κ3) is 7.13. The highest BCUT2D eigenvalue weighted by molar-refractivity contribution is 14.1. The second-order valence-corrected chi connectivity index (χ2v) is 12.4. The van der Waals surface area contributed by atoms with Crippen molar-refractivity contribution in [2.24, 2.45) is 0 Å². The van der Waals surface area contributed by atoms with Crippen molar-refractivity contribution in [3.63, 3.8) is 0 Å². The highest BCUT2D eigenvalue weighted by Crippen LogP contribution is 2.34. The Morgan fingerprint density at radius 3 is 1.97 bits per heavy atom.